The Hall–Kier alpha value is -1.42. The number of halogens is 1. The third kappa shape index (κ3) is 1.19. The summed E-state index contributed by atoms with van der Waals surface area (Å²) in [7, 11) is 0. The van der Waals surface area contributed by atoms with Gasteiger partial charge < -0.3 is 10.8 Å². The van der Waals surface area contributed by atoms with E-state index in [2.05, 4.69) is 0 Å². The Labute approximate surface area is 80.3 Å². The summed E-state index contributed by atoms with van der Waals surface area (Å²) in [6, 6.07) is 3.98. The van der Waals surface area contributed by atoms with Gasteiger partial charge in [-0.3, -0.25) is 4.79 Å². The highest BCUT2D eigenvalue weighted by Gasteiger charge is 2.36. The van der Waals surface area contributed by atoms with Gasteiger partial charge in [0.1, 0.15) is 5.82 Å². The zero-order chi connectivity index (χ0) is 10.3. The zero-order valence-corrected chi connectivity index (χ0v) is 7.40. The molecule has 1 aromatic rings. The molecule has 0 spiro atoms. The van der Waals surface area contributed by atoms with Gasteiger partial charge in [0.05, 0.1) is 5.92 Å². The summed E-state index contributed by atoms with van der Waals surface area (Å²) in [6.07, 6.45) is 0.193. The molecule has 0 aromatic heterocycles. The Balaban J connectivity index is 2.45. The van der Waals surface area contributed by atoms with E-state index >= 15 is 0 Å². The van der Waals surface area contributed by atoms with Crippen LogP contribution in [0.4, 0.5) is 4.39 Å². The van der Waals surface area contributed by atoms with Crippen molar-refractivity contribution in [2.45, 2.75) is 12.5 Å². The van der Waals surface area contributed by atoms with Crippen LogP contribution in [-0.4, -0.2) is 11.1 Å². The van der Waals surface area contributed by atoms with Gasteiger partial charge in [-0.15, -0.1) is 0 Å². The minimum absolute atomic E-state index is 0.193. The fourth-order valence-corrected chi connectivity index (χ4v) is 1.91. The minimum Gasteiger partial charge on any atom is -0.481 e. The quantitative estimate of drug-likeness (QED) is 0.704. The summed E-state index contributed by atoms with van der Waals surface area (Å²) in [5.74, 6) is -2.02. The lowest BCUT2D eigenvalue weighted by Gasteiger charge is -2.09. The van der Waals surface area contributed by atoms with Crippen LogP contribution >= 0.6 is 0 Å². The van der Waals surface area contributed by atoms with Crippen LogP contribution in [0.2, 0.25) is 0 Å². The van der Waals surface area contributed by atoms with Crippen molar-refractivity contribution in [3.8, 4) is 0 Å². The van der Waals surface area contributed by atoms with Gasteiger partial charge in [0, 0.05) is 6.04 Å². The predicted octanol–water partition coefficient (Wildman–Crippen LogP) is 1.08. The first-order valence-electron chi connectivity index (χ1n) is 4.37. The normalized spacial score (nSPS) is 24.7. The van der Waals surface area contributed by atoms with Crippen LogP contribution in [0.1, 0.15) is 17.2 Å². The Morgan fingerprint density at radius 1 is 1.57 bits per heavy atom. The summed E-state index contributed by atoms with van der Waals surface area (Å²) < 4.78 is 13.3. The lowest BCUT2D eigenvalue weighted by atomic mass is 10.0. The molecule has 0 amide bonds. The Kier molecular flexibility index (Phi) is 2.00. The van der Waals surface area contributed by atoms with Gasteiger partial charge in [-0.25, -0.2) is 4.39 Å². The summed E-state index contributed by atoms with van der Waals surface area (Å²) in [6.45, 7) is 0. The third-order valence-electron chi connectivity index (χ3n) is 2.69. The smallest absolute Gasteiger partial charge is 0.308 e. The molecule has 0 radical (unpaired) electrons. The first kappa shape index (κ1) is 9.15. The number of carbonyl (C=O) groups is 1. The zero-order valence-electron chi connectivity index (χ0n) is 7.40. The molecule has 0 saturated carbocycles. The van der Waals surface area contributed by atoms with Gasteiger partial charge in [-0.1, -0.05) is 12.1 Å². The van der Waals surface area contributed by atoms with Crippen LogP contribution in [0.25, 0.3) is 0 Å². The van der Waals surface area contributed by atoms with Crippen molar-refractivity contribution < 1.29 is 14.3 Å². The molecular formula is C10H10FNO2. The second kappa shape index (κ2) is 3.06. The monoisotopic (exact) mass is 195 g/mol. The molecule has 2 unspecified atom stereocenters. The molecule has 74 valence electrons. The standard InChI is InChI=1S/C10H10FNO2/c11-8-3-1-2-5-6(8)4-7(9(5)12)10(13)14/h1-3,7,9H,4,12H2,(H,13,14). The number of hydrogen-bond acceptors (Lipinski definition) is 2. The minimum atomic E-state index is -0.965. The molecule has 1 aliphatic rings. The molecule has 3 N–H and O–H groups in total. The van der Waals surface area contributed by atoms with E-state index in [0.717, 1.165) is 0 Å². The Morgan fingerprint density at radius 2 is 2.29 bits per heavy atom. The second-order valence-electron chi connectivity index (χ2n) is 3.48. The Bertz CT molecular complexity index is 392. The number of fused-ring (bicyclic) bond motifs is 1. The summed E-state index contributed by atoms with van der Waals surface area (Å²) in [5.41, 5.74) is 6.79. The molecule has 3 nitrogen and oxygen atoms in total. The van der Waals surface area contributed by atoms with Crippen molar-refractivity contribution in [3.05, 3.63) is 35.1 Å². The molecular weight excluding hydrogens is 185 g/mol. The van der Waals surface area contributed by atoms with Gasteiger partial charge >= 0.3 is 5.97 Å². The number of rotatable bonds is 1. The van der Waals surface area contributed by atoms with Gasteiger partial charge in [-0.05, 0) is 23.6 Å². The number of carboxylic acid groups (broad SMARTS) is 1. The number of benzene rings is 1. The SMILES string of the molecule is NC1c2cccc(F)c2CC1C(=O)O. The average molecular weight is 195 g/mol. The molecule has 2 rings (SSSR count). The van der Waals surface area contributed by atoms with Crippen LogP contribution in [-0.2, 0) is 11.2 Å². The molecule has 4 heteroatoms. The average Bonchev–Trinajstić information content (AvgIpc) is 2.46. The predicted molar refractivity (Wildman–Crippen MR) is 48.2 cm³/mol. The van der Waals surface area contributed by atoms with Crippen LogP contribution in [0.15, 0.2) is 18.2 Å². The lowest BCUT2D eigenvalue weighted by molar-refractivity contribution is -0.142. The largest absolute Gasteiger partial charge is 0.481 e. The number of aliphatic carboxylic acids is 1. The van der Waals surface area contributed by atoms with Crippen LogP contribution in [0, 0.1) is 11.7 Å². The van der Waals surface area contributed by atoms with Crippen molar-refractivity contribution in [1.29, 1.82) is 0 Å². The fourth-order valence-electron chi connectivity index (χ4n) is 1.91. The first-order chi connectivity index (χ1) is 6.61. The van der Waals surface area contributed by atoms with E-state index in [9.17, 15) is 9.18 Å². The van der Waals surface area contributed by atoms with Crippen molar-refractivity contribution >= 4 is 5.97 Å². The van der Waals surface area contributed by atoms with E-state index in [1.54, 1.807) is 12.1 Å². The van der Waals surface area contributed by atoms with Crippen molar-refractivity contribution in [1.82, 2.24) is 0 Å². The molecule has 0 heterocycles. The van der Waals surface area contributed by atoms with Crippen molar-refractivity contribution in [2.24, 2.45) is 11.7 Å². The highest BCUT2D eigenvalue weighted by Crippen LogP contribution is 2.35. The van der Waals surface area contributed by atoms with Crippen molar-refractivity contribution in [3.63, 3.8) is 0 Å². The van der Waals surface area contributed by atoms with Crippen LogP contribution < -0.4 is 5.73 Å². The van der Waals surface area contributed by atoms with E-state index in [-0.39, 0.29) is 12.2 Å². The maximum atomic E-state index is 13.3. The maximum absolute atomic E-state index is 13.3. The summed E-state index contributed by atoms with van der Waals surface area (Å²) >= 11 is 0. The van der Waals surface area contributed by atoms with E-state index < -0.39 is 17.9 Å². The molecule has 2 atom stereocenters. The van der Waals surface area contributed by atoms with Crippen molar-refractivity contribution in [2.75, 3.05) is 0 Å². The lowest BCUT2D eigenvalue weighted by Crippen LogP contribution is -2.24. The first-order valence-corrected chi connectivity index (χ1v) is 4.37. The third-order valence-corrected chi connectivity index (χ3v) is 2.69. The number of nitrogens with two attached hydrogens (primary N) is 1. The van der Waals surface area contributed by atoms with E-state index in [1.165, 1.54) is 6.07 Å². The second-order valence-corrected chi connectivity index (χ2v) is 3.48. The van der Waals surface area contributed by atoms with E-state index in [1.807, 2.05) is 0 Å². The molecule has 0 fully saturated rings. The van der Waals surface area contributed by atoms with Gasteiger partial charge in [-0.2, -0.15) is 0 Å². The highest BCUT2D eigenvalue weighted by atomic mass is 19.1. The van der Waals surface area contributed by atoms with Gasteiger partial charge in [0.15, 0.2) is 0 Å². The molecule has 14 heavy (non-hydrogen) atoms. The molecule has 0 saturated heterocycles. The summed E-state index contributed by atoms with van der Waals surface area (Å²) in [4.78, 5) is 10.8. The molecule has 0 bridgehead atoms. The van der Waals surface area contributed by atoms with Gasteiger partial charge in [0.25, 0.3) is 0 Å². The van der Waals surface area contributed by atoms with Crippen LogP contribution in [0.3, 0.4) is 0 Å². The highest BCUT2D eigenvalue weighted by molar-refractivity contribution is 5.73. The van der Waals surface area contributed by atoms with Crippen LogP contribution in [0.5, 0.6) is 0 Å². The maximum Gasteiger partial charge on any atom is 0.308 e. The molecule has 1 aromatic carbocycles. The molecule has 1 aliphatic carbocycles. The fraction of sp³-hybridized carbons (Fsp3) is 0.300. The van der Waals surface area contributed by atoms with Gasteiger partial charge in [0.2, 0.25) is 0 Å². The summed E-state index contributed by atoms with van der Waals surface area (Å²) in [5, 5.41) is 8.84. The number of hydrogen-bond donors (Lipinski definition) is 2. The van der Waals surface area contributed by atoms with E-state index in [0.29, 0.717) is 11.1 Å². The molecule has 0 aliphatic heterocycles. The van der Waals surface area contributed by atoms with E-state index in [4.69, 9.17) is 10.8 Å². The topological polar surface area (TPSA) is 63.3 Å². The Morgan fingerprint density at radius 3 is 2.86 bits per heavy atom. The number of carboxylic acids is 1.